The van der Waals surface area contributed by atoms with Crippen molar-refractivity contribution in [3.63, 3.8) is 0 Å². The highest BCUT2D eigenvalue weighted by Crippen LogP contribution is 2.37. The fraction of sp³-hybridized carbons (Fsp3) is 0.133. The van der Waals surface area contributed by atoms with Crippen LogP contribution in [-0.2, 0) is 36.8 Å². The molecule has 0 bridgehead atoms. The summed E-state index contributed by atoms with van der Waals surface area (Å²) in [5, 5.41) is 35.6. The molecule has 6 amide bonds. The average molecular weight is 2070 g/mol. The number of aryl methyl sites for hydroxylation is 2. The zero-order chi connectivity index (χ0) is 102. The second-order valence-electron chi connectivity index (χ2n) is 31.2. The van der Waals surface area contributed by atoms with Crippen LogP contribution >= 0.6 is 68.0 Å². The number of amides is 6. The molecule has 0 aliphatic heterocycles. The van der Waals surface area contributed by atoms with E-state index in [9.17, 15) is 37.5 Å². The Balaban J connectivity index is 0.000000139. The van der Waals surface area contributed by atoms with Crippen LogP contribution in [-0.4, -0.2) is 151 Å². The summed E-state index contributed by atoms with van der Waals surface area (Å²) in [6.45, 7) is 2.56. The molecule has 10 N–H and O–H groups in total. The van der Waals surface area contributed by atoms with Gasteiger partial charge < -0.3 is 56.9 Å². The number of para-hydroxylation sites is 1. The van der Waals surface area contributed by atoms with Gasteiger partial charge in [-0.3, -0.25) is 74.0 Å². The first kappa shape index (κ1) is 105. The van der Waals surface area contributed by atoms with Crippen molar-refractivity contribution in [1.82, 2.24) is 74.9 Å². The highest BCUT2D eigenvalue weighted by Gasteiger charge is 2.28. The van der Waals surface area contributed by atoms with E-state index in [-0.39, 0.29) is 61.0 Å². The lowest BCUT2D eigenvalue weighted by molar-refractivity contribution is -0.118. The average Bonchev–Trinajstić information content (AvgIpc) is 1.75. The molecule has 0 saturated carbocycles. The number of likely N-dealkylation sites (N-methyl/N-ethyl adjacent to an activating group) is 1. The van der Waals surface area contributed by atoms with E-state index in [1.54, 1.807) is 132 Å². The van der Waals surface area contributed by atoms with Gasteiger partial charge >= 0.3 is 0 Å². The molecule has 0 radical (unpaired) electrons. The molecule has 15 heterocycles. The summed E-state index contributed by atoms with van der Waals surface area (Å²) in [4.78, 5) is 135. The second kappa shape index (κ2) is 54.3. The fourth-order valence-corrected chi connectivity index (χ4v) is 18.3. The molecule has 0 spiro atoms. The molecule has 0 fully saturated rings. The maximum Gasteiger partial charge on any atom is 0.263 e. The smallest absolute Gasteiger partial charge is 0.263 e. The van der Waals surface area contributed by atoms with Crippen LogP contribution < -0.4 is 57.7 Å². The number of nitrogens with zero attached hydrogens (tertiary/aromatic N) is 16. The Morgan fingerprint density at radius 2 is 0.788 bits per heavy atom. The molecule has 738 valence electrons. The van der Waals surface area contributed by atoms with Gasteiger partial charge in [0.1, 0.15) is 28.7 Å². The first-order valence-corrected chi connectivity index (χ1v) is 50.2. The Hall–Kier alpha value is -16.9. The molecular weight excluding hydrogens is 1970 g/mol. The minimum absolute atomic E-state index is 0.0421. The summed E-state index contributed by atoms with van der Waals surface area (Å²) in [7, 11) is 5.03. The molecule has 33 nitrogen and oxygen atoms in total. The van der Waals surface area contributed by atoms with E-state index in [2.05, 4.69) is 107 Å². The number of hydrogen-bond acceptors (Lipinski definition) is 33. The third-order valence-corrected chi connectivity index (χ3v) is 25.7. The Bertz CT molecular complexity index is 7370. The largest absolute Gasteiger partial charge is 0.493 e. The lowest BCUT2D eigenvalue weighted by Gasteiger charge is -2.18. The van der Waals surface area contributed by atoms with Crippen molar-refractivity contribution in [3.8, 4) is 90.3 Å². The number of aromatic nitrogens is 15. The molecule has 2 atom stereocenters. The number of benzene rings is 4. The molecule has 0 saturated heterocycles. The Morgan fingerprint density at radius 3 is 1.20 bits per heavy atom. The van der Waals surface area contributed by atoms with Crippen LogP contribution in [0.25, 0.3) is 78.8 Å². The molecule has 15 aromatic heterocycles. The van der Waals surface area contributed by atoms with Gasteiger partial charge in [-0.1, -0.05) is 78.0 Å². The maximum atomic E-state index is 14.1. The lowest BCUT2D eigenvalue weighted by atomic mass is 9.94. The van der Waals surface area contributed by atoms with Crippen molar-refractivity contribution < 1.29 is 51.5 Å². The number of thiazole rings is 6. The van der Waals surface area contributed by atoms with Crippen LogP contribution in [0.2, 0.25) is 0 Å². The van der Waals surface area contributed by atoms with Gasteiger partial charge in [0.15, 0.2) is 42.3 Å². The quantitative estimate of drug-likeness (QED) is 0.0194. The number of anilines is 7. The van der Waals surface area contributed by atoms with Gasteiger partial charge in [0.2, 0.25) is 29.5 Å². The van der Waals surface area contributed by atoms with Crippen molar-refractivity contribution in [2.75, 3.05) is 77.7 Å². The molecule has 4 aromatic carbocycles. The summed E-state index contributed by atoms with van der Waals surface area (Å²) in [5.41, 5.74) is 27.4. The van der Waals surface area contributed by atoms with Crippen molar-refractivity contribution in [1.29, 1.82) is 0 Å². The highest BCUT2D eigenvalue weighted by molar-refractivity contribution is 7.15. The van der Waals surface area contributed by atoms with Gasteiger partial charge in [0, 0.05) is 201 Å². The van der Waals surface area contributed by atoms with E-state index in [1.807, 2.05) is 209 Å². The van der Waals surface area contributed by atoms with Gasteiger partial charge in [-0.05, 0) is 171 Å². The molecule has 2 unspecified atom stereocenters. The molecule has 146 heavy (non-hydrogen) atoms. The Kier molecular flexibility index (Phi) is 39.0. The third kappa shape index (κ3) is 31.0. The zero-order valence-electron chi connectivity index (χ0n) is 78.7. The monoisotopic (exact) mass is 2060 g/mol. The number of ether oxygens (including phenoxy) is 2. The van der Waals surface area contributed by atoms with Gasteiger partial charge in [-0.2, -0.15) is 0 Å². The zero-order valence-corrected chi connectivity index (χ0v) is 83.6. The number of hydrogen-bond donors (Lipinski definition) is 8. The normalized spacial score (nSPS) is 10.9. The number of nitrogens with two attached hydrogens (primary N) is 2. The van der Waals surface area contributed by atoms with Crippen LogP contribution in [0.1, 0.15) is 69.5 Å². The standard InChI is InChI=1S/C20H22N4O3S.C19H14N4O2S.C18H16F2N4OS.C17H16N4OS.C16H14N4OS.C15H12N4OS/c1-26-17-4-3-14(11-18(17)27-2)15(5-8-21)19(25)24-20-23-16(12-28-20)13-6-9-22-10-7-13;1-12-16(17(23-25-12)14-5-3-2-4-6-14)18(24)22-19-21-15(11-26-19)13-7-9-20-10-8-13;19-12-1-2-13(15(20)9-12)14(3-6-21)17(25)24-18-23-16(10-26-18)11-4-7-22-8-5-11;1-21(14-5-3-2-4-6-14)11-16(22)20-17-19-15(12-23-17)13-7-9-18-10-8-13;21-15(4-3-12-2-1-7-18-10-12)20-16-19-14(11-22-16)13-5-8-17-9-6-13;20-14(8-11-2-1-5-17-9-11)19-15-18-13(10-21-15)12-3-6-16-7-4-12/h3-4,6-7,9-12,15H,5,8,21H2,1-2H3,(H,23,24,25);2-11H,1H3,(H,21,22,24);1-2,4-5,7-10,14H,3,6,21H2,(H,23,24,25);2-10,12H,11H2,1H3,(H,19,20,22);1-2,5-11H,3-4H2,(H,19,20,21);1-7,9-10H,8H2,(H,18,19,20). The van der Waals surface area contributed by atoms with E-state index < -0.39 is 29.4 Å². The van der Waals surface area contributed by atoms with Crippen molar-refractivity contribution in [2.45, 2.75) is 50.9 Å². The second-order valence-corrected chi connectivity index (χ2v) is 36.3. The molecule has 0 aliphatic carbocycles. The van der Waals surface area contributed by atoms with Crippen LogP contribution in [0.3, 0.4) is 0 Å². The number of methoxy groups -OCH3 is 2. The number of pyridine rings is 8. The topological polar surface area (TPSA) is 455 Å². The van der Waals surface area contributed by atoms with Crippen LogP contribution in [0, 0.1) is 18.6 Å². The third-order valence-electron chi connectivity index (χ3n) is 21.2. The summed E-state index contributed by atoms with van der Waals surface area (Å²) in [6, 6.07) is 57.8. The van der Waals surface area contributed by atoms with E-state index in [4.69, 9.17) is 25.5 Å². The number of nitrogens with one attached hydrogen (secondary N) is 6. The maximum absolute atomic E-state index is 14.1. The van der Waals surface area contributed by atoms with Gasteiger partial charge in [0.25, 0.3) is 5.91 Å². The van der Waals surface area contributed by atoms with Crippen LogP contribution in [0.15, 0.2) is 330 Å². The van der Waals surface area contributed by atoms with Crippen molar-refractivity contribution in [3.05, 3.63) is 371 Å². The SMILES string of the molecule is CN(CC(=O)Nc1nc(-c2ccncc2)cs1)c1ccccc1.COc1ccc(C(CCN)C(=O)Nc2nc(-c3ccncc3)cs2)cc1OC.Cc1onc(-c2ccccc2)c1C(=O)Nc1nc(-c2ccncc2)cs1.NCCC(C(=O)Nc1nc(-c2ccncc2)cs1)c1ccc(F)cc1F.O=C(CCc1cccnc1)Nc1nc(-c2ccncc2)cs1.O=C(Cc1cccnc1)Nc1nc(-c2ccncc2)cs1. The van der Waals surface area contributed by atoms with Gasteiger partial charge in [-0.15, -0.1) is 68.0 Å². The van der Waals surface area contributed by atoms with E-state index in [0.717, 1.165) is 102 Å². The number of carbonyl (C=O) groups is 6. The minimum atomic E-state index is -0.825. The van der Waals surface area contributed by atoms with Crippen molar-refractivity contribution in [2.24, 2.45) is 11.5 Å². The van der Waals surface area contributed by atoms with Gasteiger partial charge in [0.05, 0.1) is 73.2 Å². The van der Waals surface area contributed by atoms with Crippen molar-refractivity contribution >= 4 is 140 Å². The summed E-state index contributed by atoms with van der Waals surface area (Å²) in [5.74, 6) is -2.17. The number of rotatable bonds is 32. The predicted octanol–water partition coefficient (Wildman–Crippen LogP) is 20.5. The lowest BCUT2D eigenvalue weighted by Crippen LogP contribution is -2.29. The molecular formula is C105H94F2N24O9S6. The molecule has 19 aromatic rings. The summed E-state index contributed by atoms with van der Waals surface area (Å²) < 4.78 is 43.1. The van der Waals surface area contributed by atoms with E-state index in [0.29, 0.717) is 90.8 Å². The van der Waals surface area contributed by atoms with Crippen LogP contribution in [0.5, 0.6) is 11.5 Å². The first-order valence-electron chi connectivity index (χ1n) is 44.9. The van der Waals surface area contributed by atoms with Gasteiger partial charge in [-0.25, -0.2) is 38.7 Å². The Labute approximate surface area is 861 Å². The van der Waals surface area contributed by atoms with Crippen LogP contribution in [0.4, 0.5) is 45.3 Å². The summed E-state index contributed by atoms with van der Waals surface area (Å²) >= 11 is 8.24. The summed E-state index contributed by atoms with van der Waals surface area (Å²) in [6.07, 6.45) is 29.4. The van der Waals surface area contributed by atoms with E-state index >= 15 is 0 Å². The fourth-order valence-electron chi connectivity index (χ4n) is 13.9. The molecule has 0 aliphatic rings. The number of carbonyl (C=O) groups excluding carboxylic acids is 6. The minimum Gasteiger partial charge on any atom is -0.493 e. The van der Waals surface area contributed by atoms with E-state index in [1.165, 1.54) is 74.1 Å². The predicted molar refractivity (Wildman–Crippen MR) is 569 cm³/mol. The highest BCUT2D eigenvalue weighted by atomic mass is 32.1. The Morgan fingerprint density at radius 1 is 0.397 bits per heavy atom. The molecule has 41 heteroatoms. The first-order chi connectivity index (χ1) is 71.3. The molecule has 19 rings (SSSR count). The number of halogens is 2.